The normalized spacial score (nSPS) is 20.8. The van der Waals surface area contributed by atoms with E-state index in [9.17, 15) is 4.79 Å². The van der Waals surface area contributed by atoms with Gasteiger partial charge in [-0.25, -0.2) is 0 Å². The molecule has 3 heterocycles. The highest BCUT2D eigenvalue weighted by atomic mass is 16.5. The summed E-state index contributed by atoms with van der Waals surface area (Å²) in [4.78, 5) is 14.3. The first-order valence-electron chi connectivity index (χ1n) is 8.25. The van der Waals surface area contributed by atoms with Crippen molar-refractivity contribution < 1.29 is 9.53 Å². The number of anilines is 1. The number of hydrogen-bond donors (Lipinski definition) is 1. The Bertz CT molecular complexity index is 529. The maximum absolute atomic E-state index is 12.4. The molecule has 1 saturated heterocycles. The number of fused-ring (bicyclic) bond motifs is 1. The molecule has 0 radical (unpaired) electrons. The van der Waals surface area contributed by atoms with Crippen LogP contribution in [0.15, 0.2) is 6.07 Å². The van der Waals surface area contributed by atoms with Crippen molar-refractivity contribution >= 4 is 11.7 Å². The molecule has 1 fully saturated rings. The second-order valence-corrected chi connectivity index (χ2v) is 5.97. The van der Waals surface area contributed by atoms with Crippen molar-refractivity contribution in [3.8, 4) is 0 Å². The minimum atomic E-state index is 0.225. The fraction of sp³-hybridized carbons (Fsp3) is 0.688. The minimum absolute atomic E-state index is 0.225. The van der Waals surface area contributed by atoms with Gasteiger partial charge in [0.25, 0.3) is 0 Å². The number of amides is 1. The molecule has 3 rings (SSSR count). The summed E-state index contributed by atoms with van der Waals surface area (Å²) in [5.74, 6) is 1.01. The van der Waals surface area contributed by atoms with Gasteiger partial charge in [0, 0.05) is 39.1 Å². The number of nitrogens with zero attached hydrogens (tertiary/aromatic N) is 3. The van der Waals surface area contributed by atoms with Crippen LogP contribution in [0.5, 0.6) is 0 Å². The summed E-state index contributed by atoms with van der Waals surface area (Å²) in [6.45, 7) is 5.08. The Morgan fingerprint density at radius 3 is 3.18 bits per heavy atom. The molecule has 0 bridgehead atoms. The van der Waals surface area contributed by atoms with E-state index in [-0.39, 0.29) is 12.0 Å². The van der Waals surface area contributed by atoms with Crippen LogP contribution in [0, 0.1) is 0 Å². The molecule has 0 unspecified atom stereocenters. The second kappa shape index (κ2) is 7.05. The van der Waals surface area contributed by atoms with Gasteiger partial charge in [-0.15, -0.1) is 5.10 Å². The van der Waals surface area contributed by atoms with Crippen molar-refractivity contribution in [1.82, 2.24) is 15.1 Å². The Morgan fingerprint density at radius 1 is 1.50 bits per heavy atom. The zero-order valence-corrected chi connectivity index (χ0v) is 13.2. The quantitative estimate of drug-likeness (QED) is 0.897. The van der Waals surface area contributed by atoms with Crippen molar-refractivity contribution in [2.24, 2.45) is 0 Å². The van der Waals surface area contributed by atoms with Crippen molar-refractivity contribution in [2.45, 2.75) is 51.7 Å². The van der Waals surface area contributed by atoms with Crippen LogP contribution in [-0.4, -0.2) is 46.8 Å². The molecule has 6 nitrogen and oxygen atoms in total. The Hall–Kier alpha value is -1.69. The van der Waals surface area contributed by atoms with Gasteiger partial charge in [-0.05, 0) is 37.8 Å². The molecule has 1 amide bonds. The Kier molecular flexibility index (Phi) is 4.87. The zero-order chi connectivity index (χ0) is 15.4. The maximum Gasteiger partial charge on any atom is 0.222 e. The standard InChI is InChI=1S/C16H24N4O2/c1-2-17-15-10-12-11-20(8-7-14(12)18-19-15)16(21)6-5-13-4-3-9-22-13/h10,13H,2-9,11H2,1H3,(H,17,19)/t13-/m1/s1. The molecule has 1 aromatic rings. The summed E-state index contributed by atoms with van der Waals surface area (Å²) >= 11 is 0. The molecule has 0 spiro atoms. The molecule has 6 heteroatoms. The number of hydrogen-bond acceptors (Lipinski definition) is 5. The van der Waals surface area contributed by atoms with E-state index in [2.05, 4.69) is 15.5 Å². The van der Waals surface area contributed by atoms with Crippen LogP contribution in [0.25, 0.3) is 0 Å². The molecule has 120 valence electrons. The fourth-order valence-corrected chi connectivity index (χ4v) is 3.12. The number of nitrogens with one attached hydrogen (secondary N) is 1. The van der Waals surface area contributed by atoms with Gasteiger partial charge < -0.3 is 15.0 Å². The van der Waals surface area contributed by atoms with Crippen LogP contribution in [-0.2, 0) is 22.5 Å². The number of carbonyl (C=O) groups excluding carboxylic acids is 1. The predicted octanol–water partition coefficient (Wildman–Crippen LogP) is 1.75. The van der Waals surface area contributed by atoms with E-state index in [4.69, 9.17) is 4.74 Å². The third-order valence-corrected chi connectivity index (χ3v) is 4.35. The van der Waals surface area contributed by atoms with Crippen molar-refractivity contribution in [3.63, 3.8) is 0 Å². The first-order chi connectivity index (χ1) is 10.8. The average molecular weight is 304 g/mol. The molecule has 1 aromatic heterocycles. The molecular formula is C16H24N4O2. The summed E-state index contributed by atoms with van der Waals surface area (Å²) in [6, 6.07) is 2.02. The summed E-state index contributed by atoms with van der Waals surface area (Å²) < 4.78 is 5.59. The lowest BCUT2D eigenvalue weighted by Gasteiger charge is -2.28. The Balaban J connectivity index is 1.57. The molecule has 2 aliphatic heterocycles. The zero-order valence-electron chi connectivity index (χ0n) is 13.2. The third kappa shape index (κ3) is 3.55. The van der Waals surface area contributed by atoms with Crippen LogP contribution in [0.2, 0.25) is 0 Å². The largest absolute Gasteiger partial charge is 0.378 e. The molecule has 1 atom stereocenters. The van der Waals surface area contributed by atoms with Gasteiger partial charge in [-0.2, -0.15) is 5.10 Å². The first-order valence-corrected chi connectivity index (χ1v) is 8.25. The Morgan fingerprint density at radius 2 is 2.41 bits per heavy atom. The van der Waals surface area contributed by atoms with E-state index in [0.717, 1.165) is 62.5 Å². The first kappa shape index (κ1) is 15.2. The average Bonchev–Trinajstić information content (AvgIpc) is 3.05. The molecular weight excluding hydrogens is 280 g/mol. The number of aromatic nitrogens is 2. The predicted molar refractivity (Wildman–Crippen MR) is 83.5 cm³/mol. The van der Waals surface area contributed by atoms with Gasteiger partial charge in [-0.3, -0.25) is 4.79 Å². The van der Waals surface area contributed by atoms with Crippen LogP contribution >= 0.6 is 0 Å². The topological polar surface area (TPSA) is 67.4 Å². The highest BCUT2D eigenvalue weighted by Crippen LogP contribution is 2.21. The Labute approximate surface area is 131 Å². The highest BCUT2D eigenvalue weighted by molar-refractivity contribution is 5.76. The van der Waals surface area contributed by atoms with Crippen molar-refractivity contribution in [3.05, 3.63) is 17.3 Å². The molecule has 0 aliphatic carbocycles. The molecule has 0 saturated carbocycles. The van der Waals surface area contributed by atoms with E-state index in [0.29, 0.717) is 13.0 Å². The van der Waals surface area contributed by atoms with E-state index in [1.54, 1.807) is 0 Å². The number of rotatable bonds is 5. The number of ether oxygens (including phenoxy) is 1. The van der Waals surface area contributed by atoms with Gasteiger partial charge in [-0.1, -0.05) is 0 Å². The second-order valence-electron chi connectivity index (χ2n) is 5.97. The van der Waals surface area contributed by atoms with Crippen LogP contribution in [0.1, 0.15) is 43.9 Å². The summed E-state index contributed by atoms with van der Waals surface area (Å²) in [7, 11) is 0. The van der Waals surface area contributed by atoms with E-state index in [1.165, 1.54) is 0 Å². The SMILES string of the molecule is CCNc1cc2c(nn1)CCN(C(=O)CC[C@H]1CCCO1)C2. The van der Waals surface area contributed by atoms with E-state index in [1.807, 2.05) is 17.9 Å². The maximum atomic E-state index is 12.4. The summed E-state index contributed by atoms with van der Waals surface area (Å²) in [6.07, 6.45) is 4.73. The lowest BCUT2D eigenvalue weighted by atomic mass is 10.0. The molecule has 0 aromatic carbocycles. The van der Waals surface area contributed by atoms with Gasteiger partial charge >= 0.3 is 0 Å². The summed E-state index contributed by atoms with van der Waals surface area (Å²) in [5, 5.41) is 11.6. The number of carbonyl (C=O) groups is 1. The van der Waals surface area contributed by atoms with E-state index >= 15 is 0 Å². The third-order valence-electron chi connectivity index (χ3n) is 4.35. The minimum Gasteiger partial charge on any atom is -0.378 e. The lowest BCUT2D eigenvalue weighted by Crippen LogP contribution is -2.36. The van der Waals surface area contributed by atoms with Gasteiger partial charge in [0.05, 0.1) is 11.8 Å². The van der Waals surface area contributed by atoms with Crippen LogP contribution in [0.3, 0.4) is 0 Å². The molecule has 22 heavy (non-hydrogen) atoms. The molecule has 1 N–H and O–H groups in total. The fourth-order valence-electron chi connectivity index (χ4n) is 3.12. The van der Waals surface area contributed by atoms with Gasteiger partial charge in [0.2, 0.25) is 5.91 Å². The van der Waals surface area contributed by atoms with Crippen molar-refractivity contribution in [2.75, 3.05) is 25.0 Å². The lowest BCUT2D eigenvalue weighted by molar-refractivity contribution is -0.132. The van der Waals surface area contributed by atoms with Crippen LogP contribution in [0.4, 0.5) is 5.82 Å². The highest BCUT2D eigenvalue weighted by Gasteiger charge is 2.24. The van der Waals surface area contributed by atoms with Crippen LogP contribution < -0.4 is 5.32 Å². The smallest absolute Gasteiger partial charge is 0.222 e. The summed E-state index contributed by atoms with van der Waals surface area (Å²) in [5.41, 5.74) is 2.13. The van der Waals surface area contributed by atoms with Gasteiger partial charge in [0.15, 0.2) is 0 Å². The monoisotopic (exact) mass is 304 g/mol. The van der Waals surface area contributed by atoms with Crippen molar-refractivity contribution in [1.29, 1.82) is 0 Å². The van der Waals surface area contributed by atoms with E-state index < -0.39 is 0 Å². The molecule has 2 aliphatic rings. The van der Waals surface area contributed by atoms with Gasteiger partial charge in [0.1, 0.15) is 5.82 Å².